The minimum Gasteiger partial charge on any atom is -0.411 e. The zero-order valence-electron chi connectivity index (χ0n) is 15.3. The number of thioether (sulfide) groups is 1. The average Bonchev–Trinajstić information content (AvgIpc) is 3.38. The third-order valence-electron chi connectivity index (χ3n) is 4.86. The van der Waals surface area contributed by atoms with Gasteiger partial charge < -0.3 is 14.3 Å². The average molecular weight is 421 g/mol. The molecule has 8 nitrogen and oxygen atoms in total. The predicted molar refractivity (Wildman–Crippen MR) is 107 cm³/mol. The van der Waals surface area contributed by atoms with Gasteiger partial charge in [-0.25, -0.2) is 8.42 Å². The van der Waals surface area contributed by atoms with E-state index < -0.39 is 9.84 Å². The summed E-state index contributed by atoms with van der Waals surface area (Å²) in [4.78, 5) is 17.4. The number of para-hydroxylation sites is 1. The smallest absolute Gasteiger partial charge is 0.277 e. The number of nitrogens with one attached hydrogen (secondary N) is 1. The van der Waals surface area contributed by atoms with E-state index in [1.807, 2.05) is 37.4 Å². The lowest BCUT2D eigenvalue weighted by molar-refractivity contribution is -0.129. The molecule has 0 radical (unpaired) electrons. The van der Waals surface area contributed by atoms with Crippen molar-refractivity contribution in [1.29, 1.82) is 0 Å². The minimum atomic E-state index is -3.04. The Balaban J connectivity index is 1.42. The number of carbonyl (C=O) groups is 1. The lowest BCUT2D eigenvalue weighted by Gasteiger charge is -2.26. The second kappa shape index (κ2) is 7.59. The lowest BCUT2D eigenvalue weighted by atomic mass is 10.2. The normalized spacial score (nSPS) is 18.5. The number of nitrogens with zero attached hydrogens (tertiary/aromatic N) is 3. The second-order valence-electron chi connectivity index (χ2n) is 6.65. The van der Waals surface area contributed by atoms with Gasteiger partial charge in [-0.2, -0.15) is 0 Å². The van der Waals surface area contributed by atoms with Gasteiger partial charge >= 0.3 is 0 Å². The highest BCUT2D eigenvalue weighted by Crippen LogP contribution is 2.29. The number of fused-ring (bicyclic) bond motifs is 1. The molecule has 0 bridgehead atoms. The summed E-state index contributed by atoms with van der Waals surface area (Å²) in [6.45, 7) is 2.33. The zero-order valence-corrected chi connectivity index (χ0v) is 16.9. The van der Waals surface area contributed by atoms with Gasteiger partial charge in [0, 0.05) is 29.7 Å². The number of H-pyrrole nitrogens is 1. The van der Waals surface area contributed by atoms with Crippen LogP contribution >= 0.6 is 11.8 Å². The molecule has 1 fully saturated rings. The van der Waals surface area contributed by atoms with Gasteiger partial charge in [-0.05, 0) is 19.4 Å². The highest BCUT2D eigenvalue weighted by molar-refractivity contribution is 7.99. The molecule has 0 aliphatic carbocycles. The maximum Gasteiger partial charge on any atom is 0.277 e. The van der Waals surface area contributed by atoms with Gasteiger partial charge in [0.25, 0.3) is 11.1 Å². The first-order chi connectivity index (χ1) is 13.5. The highest BCUT2D eigenvalue weighted by Gasteiger charge is 2.33. The number of benzene rings is 1. The molecule has 1 N–H and O–H groups in total. The van der Waals surface area contributed by atoms with Gasteiger partial charge in [-0.15, -0.1) is 10.2 Å². The van der Waals surface area contributed by atoms with Crippen molar-refractivity contribution < 1.29 is 17.6 Å². The number of aromatic amines is 1. The second-order valence-corrected chi connectivity index (χ2v) is 9.80. The van der Waals surface area contributed by atoms with Crippen LogP contribution < -0.4 is 0 Å². The molecule has 2 aromatic heterocycles. The summed E-state index contributed by atoms with van der Waals surface area (Å²) in [5.74, 6) is 0.581. The quantitative estimate of drug-likeness (QED) is 0.610. The Morgan fingerprint density at radius 3 is 2.93 bits per heavy atom. The van der Waals surface area contributed by atoms with Crippen LogP contribution in [0, 0.1) is 0 Å². The molecule has 0 unspecified atom stereocenters. The fourth-order valence-electron chi connectivity index (χ4n) is 3.49. The Morgan fingerprint density at radius 2 is 2.18 bits per heavy atom. The van der Waals surface area contributed by atoms with Crippen LogP contribution in [0.1, 0.15) is 13.3 Å². The van der Waals surface area contributed by atoms with Crippen molar-refractivity contribution in [3.63, 3.8) is 0 Å². The third-order valence-corrected chi connectivity index (χ3v) is 7.41. The summed E-state index contributed by atoms with van der Waals surface area (Å²) in [6.07, 6.45) is 2.31. The van der Waals surface area contributed by atoms with Crippen LogP contribution in [0.5, 0.6) is 0 Å². The number of carbonyl (C=O) groups excluding carboxylic acids is 1. The molecular weight excluding hydrogens is 400 g/mol. The molecule has 1 amide bonds. The summed E-state index contributed by atoms with van der Waals surface area (Å²) in [7, 11) is -3.04. The van der Waals surface area contributed by atoms with E-state index in [0.717, 1.165) is 28.2 Å². The van der Waals surface area contributed by atoms with E-state index in [1.165, 1.54) is 0 Å². The predicted octanol–water partition coefficient (Wildman–Crippen LogP) is 2.35. The molecule has 0 spiro atoms. The SMILES string of the molecule is CCN(C(=O)CSc1nnc(-c2c[nH]c3ccccc23)o1)[C@H]1CCS(=O)(=O)C1. The van der Waals surface area contributed by atoms with Crippen molar-refractivity contribution in [3.05, 3.63) is 30.5 Å². The van der Waals surface area contributed by atoms with Crippen molar-refractivity contribution in [1.82, 2.24) is 20.1 Å². The van der Waals surface area contributed by atoms with E-state index in [9.17, 15) is 13.2 Å². The molecule has 1 aromatic carbocycles. The number of hydrogen-bond acceptors (Lipinski definition) is 7. The van der Waals surface area contributed by atoms with Crippen molar-refractivity contribution in [2.24, 2.45) is 0 Å². The summed E-state index contributed by atoms with van der Waals surface area (Å²) >= 11 is 1.16. The van der Waals surface area contributed by atoms with E-state index >= 15 is 0 Å². The van der Waals surface area contributed by atoms with Crippen LogP contribution in [0.15, 0.2) is 40.1 Å². The Bertz CT molecular complexity index is 1110. The monoisotopic (exact) mass is 420 g/mol. The zero-order chi connectivity index (χ0) is 19.7. The molecule has 148 valence electrons. The molecule has 0 saturated carbocycles. The fraction of sp³-hybridized carbons (Fsp3) is 0.389. The van der Waals surface area contributed by atoms with E-state index in [2.05, 4.69) is 15.2 Å². The maximum absolute atomic E-state index is 12.6. The van der Waals surface area contributed by atoms with Crippen molar-refractivity contribution in [2.45, 2.75) is 24.6 Å². The molecule has 1 atom stereocenters. The van der Waals surface area contributed by atoms with Gasteiger partial charge in [-0.3, -0.25) is 4.79 Å². The van der Waals surface area contributed by atoms with Gasteiger partial charge in [0.15, 0.2) is 9.84 Å². The van der Waals surface area contributed by atoms with Crippen LogP contribution in [0.3, 0.4) is 0 Å². The molecule has 1 saturated heterocycles. The molecule has 1 aliphatic heterocycles. The first kappa shape index (κ1) is 19.0. The van der Waals surface area contributed by atoms with Crippen LogP contribution in [0.4, 0.5) is 0 Å². The number of hydrogen-bond donors (Lipinski definition) is 1. The van der Waals surface area contributed by atoms with Gasteiger partial charge in [0.2, 0.25) is 5.91 Å². The van der Waals surface area contributed by atoms with Crippen molar-refractivity contribution in [3.8, 4) is 11.5 Å². The summed E-state index contributed by atoms with van der Waals surface area (Å²) < 4.78 is 29.1. The van der Waals surface area contributed by atoms with E-state index in [1.54, 1.807) is 4.90 Å². The Hall–Kier alpha value is -2.33. The molecule has 10 heteroatoms. The minimum absolute atomic E-state index is 0.0442. The number of aromatic nitrogens is 3. The van der Waals surface area contributed by atoms with Crippen LogP contribution in [-0.2, 0) is 14.6 Å². The number of rotatable bonds is 6. The first-order valence-corrected chi connectivity index (χ1v) is 11.8. The molecule has 1 aliphatic rings. The van der Waals surface area contributed by atoms with Crippen LogP contribution in [0.25, 0.3) is 22.4 Å². The Morgan fingerprint density at radius 1 is 1.36 bits per heavy atom. The van der Waals surface area contributed by atoms with Crippen molar-refractivity contribution >= 4 is 38.4 Å². The Labute approximate surface area is 166 Å². The van der Waals surface area contributed by atoms with E-state index in [4.69, 9.17) is 4.42 Å². The standard InChI is InChI=1S/C18H20N4O4S2/c1-2-22(12-7-8-28(24,25)11-12)16(23)10-27-18-21-20-17(26-18)14-9-19-15-6-4-3-5-13(14)15/h3-6,9,12,19H,2,7-8,10-11H2,1H3/t12-/m0/s1. The van der Waals surface area contributed by atoms with Crippen LogP contribution in [0.2, 0.25) is 0 Å². The van der Waals surface area contributed by atoms with Crippen LogP contribution in [-0.4, -0.2) is 64.3 Å². The Kier molecular flexibility index (Phi) is 5.15. The van der Waals surface area contributed by atoms with E-state index in [-0.39, 0.29) is 29.2 Å². The van der Waals surface area contributed by atoms with Gasteiger partial charge in [0.1, 0.15) is 0 Å². The fourth-order valence-corrected chi connectivity index (χ4v) is 5.87. The number of sulfone groups is 1. The lowest BCUT2D eigenvalue weighted by Crippen LogP contribution is -2.41. The first-order valence-electron chi connectivity index (χ1n) is 8.99. The third kappa shape index (κ3) is 3.79. The van der Waals surface area contributed by atoms with Crippen molar-refractivity contribution in [2.75, 3.05) is 23.8 Å². The van der Waals surface area contributed by atoms with Gasteiger partial charge in [-0.1, -0.05) is 30.0 Å². The van der Waals surface area contributed by atoms with Gasteiger partial charge in [0.05, 0.1) is 22.8 Å². The largest absolute Gasteiger partial charge is 0.411 e. The van der Waals surface area contributed by atoms with E-state index in [0.29, 0.717) is 24.1 Å². The summed E-state index contributed by atoms with van der Waals surface area (Å²) in [6, 6.07) is 7.57. The summed E-state index contributed by atoms with van der Waals surface area (Å²) in [5, 5.41) is 9.40. The maximum atomic E-state index is 12.6. The highest BCUT2D eigenvalue weighted by atomic mass is 32.2. The molecule has 3 heterocycles. The molecule has 3 aromatic rings. The molecular formula is C18H20N4O4S2. The topological polar surface area (TPSA) is 109 Å². The number of amides is 1. The molecule has 28 heavy (non-hydrogen) atoms. The molecule has 4 rings (SSSR count). The summed E-state index contributed by atoms with van der Waals surface area (Å²) in [5.41, 5.74) is 1.79.